The molecule has 0 atom stereocenters. The molecule has 0 unspecified atom stereocenters. The van der Waals surface area contributed by atoms with Gasteiger partial charge in [0, 0.05) is 10.7 Å². The molecule has 1 aliphatic rings. The second kappa shape index (κ2) is 6.88. The second-order valence-electron chi connectivity index (χ2n) is 6.57. The molecule has 0 spiro atoms. The van der Waals surface area contributed by atoms with Gasteiger partial charge in [0.2, 0.25) is 0 Å². The zero-order valence-corrected chi connectivity index (χ0v) is 14.7. The fraction of sp³-hybridized carbons (Fsp3) is 0.389. The molecule has 7 heteroatoms. The fourth-order valence-electron chi connectivity index (χ4n) is 3.45. The summed E-state index contributed by atoms with van der Waals surface area (Å²) in [6.45, 7) is 1.85. The van der Waals surface area contributed by atoms with Gasteiger partial charge >= 0.3 is 5.97 Å². The lowest BCUT2D eigenvalue weighted by Gasteiger charge is -2.28. The number of nitrogens with zero attached hydrogens (tertiary/aromatic N) is 2. The number of aryl methyl sites for hydroxylation is 1. The summed E-state index contributed by atoms with van der Waals surface area (Å²) in [5.74, 6) is -1.24. The molecule has 0 bridgehead atoms. The first kappa shape index (κ1) is 17.5. The van der Waals surface area contributed by atoms with Crippen molar-refractivity contribution in [2.75, 3.05) is 0 Å². The number of carboxylic acid groups (broad SMARTS) is 1. The maximum Gasteiger partial charge on any atom is 0.305 e. The largest absolute Gasteiger partial charge is 0.481 e. The number of nitrogens with one attached hydrogen (secondary N) is 1. The normalized spacial score (nSPS) is 15.9. The average molecular weight is 362 g/mol. The topological polar surface area (TPSA) is 84.2 Å². The average Bonchev–Trinajstić information content (AvgIpc) is 3.13. The van der Waals surface area contributed by atoms with Crippen LogP contribution in [-0.4, -0.2) is 32.3 Å². The molecule has 1 heterocycles. The summed E-state index contributed by atoms with van der Waals surface area (Å²) in [5, 5.41) is 17.0. The summed E-state index contributed by atoms with van der Waals surface area (Å²) >= 11 is 6.02. The van der Waals surface area contributed by atoms with Crippen molar-refractivity contribution in [3.8, 4) is 5.69 Å². The van der Waals surface area contributed by atoms with E-state index in [4.69, 9.17) is 16.7 Å². The SMILES string of the molecule is Cc1cc(C(=O)NC2(CC(=O)O)CCCC2)nn1-c1cccc(Cl)c1. The van der Waals surface area contributed by atoms with E-state index in [1.165, 1.54) is 0 Å². The van der Waals surface area contributed by atoms with Gasteiger partial charge in [0.1, 0.15) is 0 Å². The molecule has 2 aromatic rings. The number of amides is 1. The van der Waals surface area contributed by atoms with Crippen LogP contribution in [0.3, 0.4) is 0 Å². The molecule has 25 heavy (non-hydrogen) atoms. The van der Waals surface area contributed by atoms with Gasteiger partial charge in [-0.3, -0.25) is 9.59 Å². The molecule has 1 amide bonds. The lowest BCUT2D eigenvalue weighted by atomic mass is 9.93. The van der Waals surface area contributed by atoms with Crippen LogP contribution in [0.5, 0.6) is 0 Å². The molecule has 0 aliphatic heterocycles. The number of hydrogen-bond acceptors (Lipinski definition) is 3. The Morgan fingerprint density at radius 2 is 2.04 bits per heavy atom. The van der Waals surface area contributed by atoms with Gasteiger partial charge in [-0.1, -0.05) is 30.5 Å². The monoisotopic (exact) mass is 361 g/mol. The lowest BCUT2D eigenvalue weighted by Crippen LogP contribution is -2.48. The van der Waals surface area contributed by atoms with Gasteiger partial charge in [-0.15, -0.1) is 0 Å². The highest BCUT2D eigenvalue weighted by molar-refractivity contribution is 6.30. The Bertz CT molecular complexity index is 810. The van der Waals surface area contributed by atoms with E-state index in [-0.39, 0.29) is 18.0 Å². The maximum atomic E-state index is 12.6. The summed E-state index contributed by atoms with van der Waals surface area (Å²) in [6.07, 6.45) is 3.14. The van der Waals surface area contributed by atoms with Crippen molar-refractivity contribution >= 4 is 23.5 Å². The van der Waals surface area contributed by atoms with E-state index in [1.807, 2.05) is 19.1 Å². The lowest BCUT2D eigenvalue weighted by molar-refractivity contribution is -0.138. The number of rotatable bonds is 5. The molecule has 1 aliphatic carbocycles. The Hall–Kier alpha value is -2.34. The Morgan fingerprint density at radius 3 is 2.68 bits per heavy atom. The molecule has 6 nitrogen and oxygen atoms in total. The van der Waals surface area contributed by atoms with E-state index >= 15 is 0 Å². The molecule has 1 fully saturated rings. The fourth-order valence-corrected chi connectivity index (χ4v) is 3.63. The summed E-state index contributed by atoms with van der Waals surface area (Å²) in [5.41, 5.74) is 1.17. The molecule has 132 valence electrons. The number of carboxylic acids is 1. The van der Waals surface area contributed by atoms with Crippen LogP contribution in [-0.2, 0) is 4.79 Å². The maximum absolute atomic E-state index is 12.6. The molecule has 2 N–H and O–H groups in total. The van der Waals surface area contributed by atoms with E-state index in [9.17, 15) is 9.59 Å². The number of carbonyl (C=O) groups is 2. The van der Waals surface area contributed by atoms with Crippen LogP contribution in [0.2, 0.25) is 5.02 Å². The summed E-state index contributed by atoms with van der Waals surface area (Å²) in [4.78, 5) is 23.8. The van der Waals surface area contributed by atoms with E-state index < -0.39 is 11.5 Å². The van der Waals surface area contributed by atoms with Crippen molar-refractivity contribution in [1.29, 1.82) is 0 Å². The first-order chi connectivity index (χ1) is 11.9. The van der Waals surface area contributed by atoms with Gasteiger partial charge in [-0.05, 0) is 44.0 Å². The molecule has 0 radical (unpaired) electrons. The highest BCUT2D eigenvalue weighted by Crippen LogP contribution is 2.33. The van der Waals surface area contributed by atoms with Crippen LogP contribution in [0.1, 0.15) is 48.3 Å². The molecule has 1 saturated carbocycles. The third-order valence-corrected chi connectivity index (χ3v) is 4.84. The van der Waals surface area contributed by atoms with Crippen LogP contribution in [0.4, 0.5) is 0 Å². The molecular weight excluding hydrogens is 342 g/mol. The van der Waals surface area contributed by atoms with Crippen molar-refractivity contribution in [3.63, 3.8) is 0 Å². The van der Waals surface area contributed by atoms with Crippen LogP contribution in [0.25, 0.3) is 5.69 Å². The van der Waals surface area contributed by atoms with E-state index in [2.05, 4.69) is 10.4 Å². The van der Waals surface area contributed by atoms with Crippen LogP contribution >= 0.6 is 11.6 Å². The molecule has 3 rings (SSSR count). The first-order valence-corrected chi connectivity index (χ1v) is 8.63. The van der Waals surface area contributed by atoms with Crippen LogP contribution in [0.15, 0.2) is 30.3 Å². The Labute approximate surface area is 150 Å². The van der Waals surface area contributed by atoms with Crippen molar-refractivity contribution in [1.82, 2.24) is 15.1 Å². The summed E-state index contributed by atoms with van der Waals surface area (Å²) in [6, 6.07) is 8.91. The third-order valence-electron chi connectivity index (χ3n) is 4.60. The number of carbonyl (C=O) groups excluding carboxylic acids is 1. The first-order valence-electron chi connectivity index (χ1n) is 8.25. The highest BCUT2D eigenvalue weighted by atomic mass is 35.5. The summed E-state index contributed by atoms with van der Waals surface area (Å²) in [7, 11) is 0. The van der Waals surface area contributed by atoms with Crippen LogP contribution < -0.4 is 5.32 Å². The number of halogens is 1. The minimum Gasteiger partial charge on any atom is -0.481 e. The van der Waals surface area contributed by atoms with Gasteiger partial charge in [0.15, 0.2) is 5.69 Å². The van der Waals surface area contributed by atoms with Crippen LogP contribution in [0, 0.1) is 6.92 Å². The predicted octanol–water partition coefficient (Wildman–Crippen LogP) is 3.35. The minimum absolute atomic E-state index is 0.0628. The van der Waals surface area contributed by atoms with Gasteiger partial charge in [0.05, 0.1) is 17.6 Å². The zero-order valence-electron chi connectivity index (χ0n) is 14.0. The molecule has 1 aromatic carbocycles. The van der Waals surface area contributed by atoms with Crippen molar-refractivity contribution < 1.29 is 14.7 Å². The van der Waals surface area contributed by atoms with E-state index in [1.54, 1.807) is 22.9 Å². The van der Waals surface area contributed by atoms with Gasteiger partial charge in [-0.2, -0.15) is 5.10 Å². The second-order valence-corrected chi connectivity index (χ2v) is 7.01. The Kier molecular flexibility index (Phi) is 4.81. The molecular formula is C18H20ClN3O3. The van der Waals surface area contributed by atoms with Crippen molar-refractivity contribution in [2.24, 2.45) is 0 Å². The quantitative estimate of drug-likeness (QED) is 0.855. The molecule has 1 aromatic heterocycles. The summed E-state index contributed by atoms with van der Waals surface area (Å²) < 4.78 is 1.65. The minimum atomic E-state index is -0.900. The zero-order chi connectivity index (χ0) is 18.0. The van der Waals surface area contributed by atoms with Gasteiger partial charge in [0.25, 0.3) is 5.91 Å². The number of aromatic nitrogens is 2. The number of benzene rings is 1. The predicted molar refractivity (Wildman–Crippen MR) is 94.2 cm³/mol. The van der Waals surface area contributed by atoms with Crippen molar-refractivity contribution in [3.05, 3.63) is 46.7 Å². The standard InChI is InChI=1S/C18H20ClN3O3/c1-12-9-15(21-22(12)14-6-4-5-13(19)10-14)17(25)20-18(11-16(23)24)7-2-3-8-18/h4-6,9-10H,2-3,7-8,11H2,1H3,(H,20,25)(H,23,24). The van der Waals surface area contributed by atoms with Gasteiger partial charge in [-0.25, -0.2) is 4.68 Å². The third kappa shape index (κ3) is 3.85. The number of aliphatic carboxylic acids is 1. The van der Waals surface area contributed by atoms with E-state index in [0.29, 0.717) is 17.9 Å². The van der Waals surface area contributed by atoms with E-state index in [0.717, 1.165) is 24.2 Å². The Balaban J connectivity index is 1.83. The Morgan fingerprint density at radius 1 is 1.32 bits per heavy atom. The van der Waals surface area contributed by atoms with Crippen molar-refractivity contribution in [2.45, 2.75) is 44.6 Å². The van der Waals surface area contributed by atoms with Gasteiger partial charge < -0.3 is 10.4 Å². The smallest absolute Gasteiger partial charge is 0.305 e. The highest BCUT2D eigenvalue weighted by Gasteiger charge is 2.38. The number of hydrogen-bond donors (Lipinski definition) is 2. The molecule has 0 saturated heterocycles.